The smallest absolute Gasteiger partial charge is 0.410 e. The van der Waals surface area contributed by atoms with Crippen LogP contribution in [0.5, 0.6) is 0 Å². The molecule has 102 valence electrons. The van der Waals surface area contributed by atoms with E-state index in [0.717, 1.165) is 6.20 Å². The van der Waals surface area contributed by atoms with Gasteiger partial charge in [-0.3, -0.25) is 10.1 Å². The van der Waals surface area contributed by atoms with E-state index in [1.165, 1.54) is 11.0 Å². The van der Waals surface area contributed by atoms with Crippen LogP contribution in [0, 0.1) is 10.1 Å². The van der Waals surface area contributed by atoms with Crippen molar-refractivity contribution in [3.8, 4) is 0 Å². The minimum atomic E-state index is -0.560. The van der Waals surface area contributed by atoms with Crippen molar-refractivity contribution in [3.05, 3.63) is 22.4 Å². The lowest BCUT2D eigenvalue weighted by atomic mass is 10.2. The second kappa shape index (κ2) is 5.81. The highest BCUT2D eigenvalue weighted by Crippen LogP contribution is 2.13. The Balaban J connectivity index is 2.53. The number of ether oxygens (including phenoxy) is 2. The first-order valence-corrected chi connectivity index (χ1v) is 5.69. The van der Waals surface area contributed by atoms with Crippen molar-refractivity contribution in [2.45, 2.75) is 32.5 Å². The number of carbonyl (C=O) groups excluding carboxylic acids is 1. The van der Waals surface area contributed by atoms with Gasteiger partial charge in [-0.05, 0) is 20.8 Å². The molecule has 0 aliphatic carbocycles. The highest BCUT2D eigenvalue weighted by Gasteiger charge is 2.27. The van der Waals surface area contributed by atoms with Crippen molar-refractivity contribution < 1.29 is 19.2 Å². The quantitative estimate of drug-likeness (QED) is 0.552. The highest BCUT2D eigenvalue weighted by atomic mass is 16.6. The van der Waals surface area contributed by atoms with Gasteiger partial charge in [-0.2, -0.15) is 0 Å². The van der Waals surface area contributed by atoms with Crippen LogP contribution in [0.3, 0.4) is 0 Å². The molecule has 0 aromatic heterocycles. The predicted molar refractivity (Wildman–Crippen MR) is 63.7 cm³/mol. The molecule has 18 heavy (non-hydrogen) atoms. The first-order chi connectivity index (χ1) is 8.28. The number of nitro groups is 1. The van der Waals surface area contributed by atoms with Crippen LogP contribution in [0.15, 0.2) is 12.3 Å². The summed E-state index contributed by atoms with van der Waals surface area (Å²) < 4.78 is 10.5. The fourth-order valence-corrected chi connectivity index (χ4v) is 1.45. The molecule has 0 saturated carbocycles. The molecule has 1 amide bonds. The second-order valence-electron chi connectivity index (χ2n) is 4.96. The van der Waals surface area contributed by atoms with Crippen LogP contribution >= 0.6 is 0 Å². The number of hydrogen-bond donors (Lipinski definition) is 0. The van der Waals surface area contributed by atoms with Gasteiger partial charge in [-0.15, -0.1) is 0 Å². The molecule has 1 aliphatic rings. The predicted octanol–water partition coefficient (Wildman–Crippen LogP) is 1.41. The van der Waals surface area contributed by atoms with Crippen LogP contribution in [0.4, 0.5) is 4.79 Å². The average Bonchev–Trinajstić information content (AvgIpc) is 2.24. The third-order valence-electron chi connectivity index (χ3n) is 2.17. The number of nitrogens with zero attached hydrogens (tertiary/aromatic N) is 2. The lowest BCUT2D eigenvalue weighted by Crippen LogP contribution is -2.46. The molecule has 1 fully saturated rings. The monoisotopic (exact) mass is 258 g/mol. The molecule has 0 N–H and O–H groups in total. The molecule has 7 nitrogen and oxygen atoms in total. The summed E-state index contributed by atoms with van der Waals surface area (Å²) in [6.45, 7) is 6.39. The molecule has 1 aliphatic heterocycles. The largest absolute Gasteiger partial charge is 0.444 e. The fraction of sp³-hybridized carbons (Fsp3) is 0.727. The third kappa shape index (κ3) is 5.13. The molecule has 1 heterocycles. The summed E-state index contributed by atoms with van der Waals surface area (Å²) in [6.07, 6.45) is 1.27. The standard InChI is InChI=1S/C11H18N2O5/c1-11(2,3)18-10(14)12-6-7-17-9(8-12)4-5-13(15)16/h4-5,9H,6-8H2,1-3H3/b5-4+. The van der Waals surface area contributed by atoms with Gasteiger partial charge in [0, 0.05) is 12.6 Å². The van der Waals surface area contributed by atoms with Crippen molar-refractivity contribution >= 4 is 6.09 Å². The van der Waals surface area contributed by atoms with Crippen molar-refractivity contribution in [1.29, 1.82) is 0 Å². The molecule has 0 bridgehead atoms. The summed E-state index contributed by atoms with van der Waals surface area (Å²) in [5.41, 5.74) is -0.554. The number of morpholine rings is 1. The van der Waals surface area contributed by atoms with Crippen molar-refractivity contribution in [2.24, 2.45) is 0 Å². The normalized spacial score (nSPS) is 21.1. The Morgan fingerprint density at radius 3 is 2.78 bits per heavy atom. The van der Waals surface area contributed by atoms with Gasteiger partial charge in [0.15, 0.2) is 0 Å². The van der Waals surface area contributed by atoms with Crippen LogP contribution < -0.4 is 0 Å². The molecule has 0 aromatic rings. The van der Waals surface area contributed by atoms with Gasteiger partial charge >= 0.3 is 6.09 Å². The Kier molecular flexibility index (Phi) is 4.66. The Morgan fingerprint density at radius 2 is 2.22 bits per heavy atom. The lowest BCUT2D eigenvalue weighted by molar-refractivity contribution is -0.403. The molecular formula is C11H18N2O5. The number of amides is 1. The van der Waals surface area contributed by atoms with E-state index in [9.17, 15) is 14.9 Å². The van der Waals surface area contributed by atoms with Gasteiger partial charge < -0.3 is 14.4 Å². The van der Waals surface area contributed by atoms with Crippen LogP contribution in [0.2, 0.25) is 0 Å². The third-order valence-corrected chi connectivity index (χ3v) is 2.17. The fourth-order valence-electron chi connectivity index (χ4n) is 1.45. The van der Waals surface area contributed by atoms with E-state index >= 15 is 0 Å². The zero-order chi connectivity index (χ0) is 13.8. The van der Waals surface area contributed by atoms with E-state index in [1.807, 2.05) is 0 Å². The molecule has 1 rings (SSSR count). The van der Waals surface area contributed by atoms with E-state index < -0.39 is 22.7 Å². The molecule has 1 saturated heterocycles. The minimum absolute atomic E-state index is 0.263. The van der Waals surface area contributed by atoms with Crippen LogP contribution in [-0.2, 0) is 9.47 Å². The Labute approximate surface area is 105 Å². The maximum absolute atomic E-state index is 11.8. The highest BCUT2D eigenvalue weighted by molar-refractivity contribution is 5.68. The number of hydrogen-bond acceptors (Lipinski definition) is 5. The summed E-state index contributed by atoms with van der Waals surface area (Å²) in [5.74, 6) is 0. The second-order valence-corrected chi connectivity index (χ2v) is 4.96. The number of rotatable bonds is 2. The van der Waals surface area contributed by atoms with Crippen LogP contribution in [0.25, 0.3) is 0 Å². The van der Waals surface area contributed by atoms with Crippen LogP contribution in [-0.4, -0.2) is 47.3 Å². The molecule has 0 spiro atoms. The lowest BCUT2D eigenvalue weighted by Gasteiger charge is -2.32. The maximum atomic E-state index is 11.8. The van der Waals surface area contributed by atoms with E-state index in [-0.39, 0.29) is 6.54 Å². The molecule has 0 aromatic carbocycles. The van der Waals surface area contributed by atoms with E-state index in [1.54, 1.807) is 20.8 Å². The first kappa shape index (κ1) is 14.4. The Hall–Kier alpha value is -1.63. The zero-order valence-electron chi connectivity index (χ0n) is 10.8. The van der Waals surface area contributed by atoms with E-state index in [0.29, 0.717) is 13.2 Å². The van der Waals surface area contributed by atoms with Gasteiger partial charge in [0.25, 0.3) is 0 Å². The molecule has 1 atom stereocenters. The maximum Gasteiger partial charge on any atom is 0.410 e. The molecule has 1 unspecified atom stereocenters. The SMILES string of the molecule is CC(C)(C)OC(=O)N1CCOC(/C=C/[N+](=O)[O-])C1. The summed E-state index contributed by atoms with van der Waals surface area (Å²) in [4.78, 5) is 22.9. The van der Waals surface area contributed by atoms with Crippen molar-refractivity contribution in [2.75, 3.05) is 19.7 Å². The molecule has 0 radical (unpaired) electrons. The van der Waals surface area contributed by atoms with Gasteiger partial charge in [-0.1, -0.05) is 0 Å². The molecule has 7 heteroatoms. The van der Waals surface area contributed by atoms with Gasteiger partial charge in [-0.25, -0.2) is 4.79 Å². The Morgan fingerprint density at radius 1 is 1.56 bits per heavy atom. The van der Waals surface area contributed by atoms with Gasteiger partial charge in [0.05, 0.1) is 24.2 Å². The summed E-state index contributed by atoms with van der Waals surface area (Å²) >= 11 is 0. The minimum Gasteiger partial charge on any atom is -0.444 e. The topological polar surface area (TPSA) is 81.9 Å². The first-order valence-electron chi connectivity index (χ1n) is 5.69. The van der Waals surface area contributed by atoms with Crippen molar-refractivity contribution in [1.82, 2.24) is 4.90 Å². The van der Waals surface area contributed by atoms with E-state index in [2.05, 4.69) is 0 Å². The molecular weight excluding hydrogens is 240 g/mol. The van der Waals surface area contributed by atoms with Gasteiger partial charge in [0.2, 0.25) is 6.20 Å². The summed E-state index contributed by atoms with van der Waals surface area (Å²) in [7, 11) is 0. The zero-order valence-corrected chi connectivity index (χ0v) is 10.8. The van der Waals surface area contributed by atoms with Crippen molar-refractivity contribution in [3.63, 3.8) is 0 Å². The average molecular weight is 258 g/mol. The van der Waals surface area contributed by atoms with E-state index in [4.69, 9.17) is 9.47 Å². The van der Waals surface area contributed by atoms with Gasteiger partial charge in [0.1, 0.15) is 5.60 Å². The van der Waals surface area contributed by atoms with Crippen LogP contribution in [0.1, 0.15) is 20.8 Å². The Bertz CT molecular complexity index is 348. The summed E-state index contributed by atoms with van der Waals surface area (Å²) in [5, 5.41) is 10.2. The number of carbonyl (C=O) groups is 1. The summed E-state index contributed by atoms with van der Waals surface area (Å²) in [6, 6.07) is 0.